The largest absolute Gasteiger partial charge is 0.372 e. The normalized spacial score (nSPS) is 10.9. The van der Waals surface area contributed by atoms with Crippen LogP contribution in [0.2, 0.25) is 0 Å². The Kier molecular flexibility index (Phi) is 4.82. The van der Waals surface area contributed by atoms with Crippen LogP contribution in [0.15, 0.2) is 58.8 Å². The summed E-state index contributed by atoms with van der Waals surface area (Å²) in [5.74, 6) is -0.307. The molecule has 2 aromatic carbocycles. The highest BCUT2D eigenvalue weighted by Crippen LogP contribution is 2.22. The molecule has 104 valence electrons. The zero-order valence-corrected chi connectivity index (χ0v) is 11.8. The smallest absolute Gasteiger partial charge is 0.125 e. The van der Waals surface area contributed by atoms with Crippen molar-refractivity contribution in [2.75, 3.05) is 18.0 Å². The maximum atomic E-state index is 13.0. The Balaban J connectivity index is 2.11. The third kappa shape index (κ3) is 3.63. The third-order valence-corrected chi connectivity index (χ3v) is 3.07. The molecule has 0 aromatic heterocycles. The number of hydrogen-bond donors (Lipinski definition) is 0. The maximum Gasteiger partial charge on any atom is 0.125 e. The van der Waals surface area contributed by atoms with Crippen LogP contribution in [0, 0.1) is 5.82 Å². The second kappa shape index (κ2) is 6.80. The molecule has 0 fully saturated rings. The molecule has 0 aliphatic rings. The van der Waals surface area contributed by atoms with Crippen LogP contribution in [-0.4, -0.2) is 13.1 Å². The van der Waals surface area contributed by atoms with Crippen molar-refractivity contribution in [2.45, 2.75) is 13.8 Å². The first-order valence-electron chi connectivity index (χ1n) is 6.75. The highest BCUT2D eigenvalue weighted by Gasteiger charge is 2.00. The van der Waals surface area contributed by atoms with Crippen LogP contribution < -0.4 is 4.90 Å². The van der Waals surface area contributed by atoms with E-state index in [4.69, 9.17) is 0 Å². The van der Waals surface area contributed by atoms with E-state index in [2.05, 4.69) is 29.0 Å². The fourth-order valence-corrected chi connectivity index (χ4v) is 1.97. The second-order valence-corrected chi connectivity index (χ2v) is 4.37. The van der Waals surface area contributed by atoms with E-state index in [0.29, 0.717) is 5.69 Å². The summed E-state index contributed by atoms with van der Waals surface area (Å²) in [6, 6.07) is 13.9. The van der Waals surface area contributed by atoms with Gasteiger partial charge in [-0.15, -0.1) is 0 Å². The number of azo groups is 1. The highest BCUT2D eigenvalue weighted by molar-refractivity contribution is 5.52. The van der Waals surface area contributed by atoms with Gasteiger partial charge in [0, 0.05) is 24.8 Å². The zero-order valence-electron chi connectivity index (χ0n) is 11.8. The van der Waals surface area contributed by atoms with Gasteiger partial charge < -0.3 is 4.90 Å². The number of nitrogens with zero attached hydrogens (tertiary/aromatic N) is 3. The van der Waals surface area contributed by atoms with Gasteiger partial charge in [0.05, 0.1) is 11.4 Å². The lowest BCUT2D eigenvalue weighted by Crippen LogP contribution is -2.21. The summed E-state index contributed by atoms with van der Waals surface area (Å²) in [5.41, 5.74) is 2.43. The fourth-order valence-electron chi connectivity index (χ4n) is 1.97. The van der Waals surface area contributed by atoms with Crippen molar-refractivity contribution in [3.8, 4) is 0 Å². The number of anilines is 1. The van der Waals surface area contributed by atoms with Crippen LogP contribution in [0.1, 0.15) is 13.8 Å². The molecule has 2 rings (SSSR count). The van der Waals surface area contributed by atoms with Crippen LogP contribution in [0.3, 0.4) is 0 Å². The molecule has 0 heterocycles. The van der Waals surface area contributed by atoms with E-state index >= 15 is 0 Å². The molecule has 0 aliphatic heterocycles. The highest BCUT2D eigenvalue weighted by atomic mass is 19.1. The molecule has 0 unspecified atom stereocenters. The molecular weight excluding hydrogens is 253 g/mol. The number of hydrogen-bond acceptors (Lipinski definition) is 3. The minimum atomic E-state index is -0.307. The van der Waals surface area contributed by atoms with Gasteiger partial charge in [-0.25, -0.2) is 4.39 Å². The average molecular weight is 271 g/mol. The van der Waals surface area contributed by atoms with Crippen LogP contribution in [-0.2, 0) is 0 Å². The van der Waals surface area contributed by atoms with Gasteiger partial charge in [0.2, 0.25) is 0 Å². The molecule has 0 N–H and O–H groups in total. The predicted molar refractivity (Wildman–Crippen MR) is 80.6 cm³/mol. The molecule has 0 atom stereocenters. The average Bonchev–Trinajstić information content (AvgIpc) is 2.48. The van der Waals surface area contributed by atoms with Gasteiger partial charge in [-0.3, -0.25) is 0 Å². The first kappa shape index (κ1) is 14.2. The Hall–Kier alpha value is -2.23. The first-order chi connectivity index (χ1) is 9.72. The topological polar surface area (TPSA) is 28.0 Å². The van der Waals surface area contributed by atoms with E-state index in [1.54, 1.807) is 12.1 Å². The molecule has 0 spiro atoms. The first-order valence-corrected chi connectivity index (χ1v) is 6.75. The molecule has 3 nitrogen and oxygen atoms in total. The summed E-state index contributed by atoms with van der Waals surface area (Å²) < 4.78 is 13.0. The molecule has 0 saturated heterocycles. The molecular formula is C16H18FN3. The van der Waals surface area contributed by atoms with Crippen molar-refractivity contribution in [2.24, 2.45) is 10.2 Å². The summed E-state index contributed by atoms with van der Waals surface area (Å²) in [5, 5.41) is 8.13. The number of benzene rings is 2. The van der Waals surface area contributed by atoms with Crippen LogP contribution >= 0.6 is 0 Å². The Bertz CT molecular complexity index is 575. The van der Waals surface area contributed by atoms with Crippen molar-refractivity contribution in [1.82, 2.24) is 0 Å². The summed E-state index contributed by atoms with van der Waals surface area (Å²) >= 11 is 0. The lowest BCUT2D eigenvalue weighted by Gasteiger charge is -2.20. The number of halogens is 1. The standard InChI is InChI=1S/C16H18FN3/c1-3-20(4-2)16-10-8-14(9-11-16)18-19-15-7-5-6-13(17)12-15/h5-12H,3-4H2,1-2H3. The molecule has 0 radical (unpaired) electrons. The molecule has 0 amide bonds. The van der Waals surface area contributed by atoms with Crippen molar-refractivity contribution in [1.29, 1.82) is 0 Å². The van der Waals surface area contributed by atoms with E-state index in [1.165, 1.54) is 17.8 Å². The summed E-state index contributed by atoms with van der Waals surface area (Å²) in [7, 11) is 0. The van der Waals surface area contributed by atoms with Crippen LogP contribution in [0.5, 0.6) is 0 Å². The Morgan fingerprint density at radius 2 is 1.55 bits per heavy atom. The Labute approximate surface area is 118 Å². The van der Waals surface area contributed by atoms with Gasteiger partial charge in [-0.1, -0.05) is 6.07 Å². The minimum Gasteiger partial charge on any atom is -0.372 e. The predicted octanol–water partition coefficient (Wildman–Crippen LogP) is 5.09. The Morgan fingerprint density at radius 3 is 2.15 bits per heavy atom. The van der Waals surface area contributed by atoms with E-state index < -0.39 is 0 Å². The third-order valence-electron chi connectivity index (χ3n) is 3.07. The lowest BCUT2D eigenvalue weighted by atomic mass is 10.2. The monoisotopic (exact) mass is 271 g/mol. The maximum absolute atomic E-state index is 13.0. The van der Waals surface area contributed by atoms with Crippen molar-refractivity contribution < 1.29 is 4.39 Å². The van der Waals surface area contributed by atoms with E-state index in [-0.39, 0.29) is 5.82 Å². The second-order valence-electron chi connectivity index (χ2n) is 4.37. The van der Waals surface area contributed by atoms with Gasteiger partial charge in [-0.2, -0.15) is 10.2 Å². The van der Waals surface area contributed by atoms with Crippen molar-refractivity contribution in [3.63, 3.8) is 0 Å². The Morgan fingerprint density at radius 1 is 0.900 bits per heavy atom. The summed E-state index contributed by atoms with van der Waals surface area (Å²) in [6.45, 7) is 6.20. The van der Waals surface area contributed by atoms with Gasteiger partial charge >= 0.3 is 0 Å². The van der Waals surface area contributed by atoms with Gasteiger partial charge in [0.1, 0.15) is 5.82 Å². The summed E-state index contributed by atoms with van der Waals surface area (Å²) in [4.78, 5) is 2.26. The van der Waals surface area contributed by atoms with E-state index in [0.717, 1.165) is 18.8 Å². The van der Waals surface area contributed by atoms with E-state index in [9.17, 15) is 4.39 Å². The van der Waals surface area contributed by atoms with Gasteiger partial charge in [0.15, 0.2) is 0 Å². The lowest BCUT2D eigenvalue weighted by molar-refractivity contribution is 0.628. The minimum absolute atomic E-state index is 0.307. The van der Waals surface area contributed by atoms with Crippen molar-refractivity contribution in [3.05, 3.63) is 54.3 Å². The molecule has 0 saturated carbocycles. The zero-order chi connectivity index (χ0) is 14.4. The molecule has 0 aliphatic carbocycles. The quantitative estimate of drug-likeness (QED) is 0.696. The SMILES string of the molecule is CCN(CC)c1ccc(N=Nc2cccc(F)c2)cc1. The summed E-state index contributed by atoms with van der Waals surface area (Å²) in [6.07, 6.45) is 0. The van der Waals surface area contributed by atoms with Gasteiger partial charge in [-0.05, 0) is 50.2 Å². The molecule has 0 bridgehead atoms. The van der Waals surface area contributed by atoms with E-state index in [1.807, 2.05) is 24.3 Å². The molecule has 20 heavy (non-hydrogen) atoms. The van der Waals surface area contributed by atoms with Crippen LogP contribution in [0.4, 0.5) is 21.5 Å². The van der Waals surface area contributed by atoms with Crippen molar-refractivity contribution >= 4 is 17.1 Å². The van der Waals surface area contributed by atoms with Gasteiger partial charge in [0.25, 0.3) is 0 Å². The molecule has 2 aromatic rings. The molecule has 4 heteroatoms. The van der Waals surface area contributed by atoms with Crippen LogP contribution in [0.25, 0.3) is 0 Å². The fraction of sp³-hybridized carbons (Fsp3) is 0.250. The number of rotatable bonds is 5.